The molecule has 0 aliphatic heterocycles. The molecule has 0 atom stereocenters. The van der Waals surface area contributed by atoms with Gasteiger partial charge >= 0.3 is 0 Å². The largest absolute Gasteiger partial charge is 0.368 e. The third kappa shape index (κ3) is 3.12. The second-order valence-corrected chi connectivity index (χ2v) is 2.66. The van der Waals surface area contributed by atoms with E-state index in [0.717, 1.165) is 5.69 Å². The van der Waals surface area contributed by atoms with Gasteiger partial charge in [-0.2, -0.15) is 0 Å². The van der Waals surface area contributed by atoms with Crippen LogP contribution in [0.15, 0.2) is 17.5 Å². The van der Waals surface area contributed by atoms with Crippen molar-refractivity contribution in [3.63, 3.8) is 0 Å². The number of nitrogens with zero attached hydrogens (tertiary/aromatic N) is 3. The van der Waals surface area contributed by atoms with E-state index in [0.29, 0.717) is 13.0 Å². The minimum Gasteiger partial charge on any atom is -0.368 e. The summed E-state index contributed by atoms with van der Waals surface area (Å²) in [5, 5.41) is 8.31. The highest BCUT2D eigenvalue weighted by Gasteiger charge is 1.95. The van der Waals surface area contributed by atoms with Crippen molar-refractivity contribution >= 4 is 5.96 Å². The predicted molar refractivity (Wildman–Crippen MR) is 48.3 cm³/mol. The molecule has 6 nitrogen and oxygen atoms in total. The summed E-state index contributed by atoms with van der Waals surface area (Å²) >= 11 is 0. The first-order chi connectivity index (χ1) is 6.22. The normalized spacial score (nSPS) is 11.7. The van der Waals surface area contributed by atoms with E-state index in [2.05, 4.69) is 9.98 Å². The van der Waals surface area contributed by atoms with Gasteiger partial charge in [-0.1, -0.05) is 0 Å². The number of guanidine groups is 1. The molecule has 0 radical (unpaired) electrons. The molecule has 0 aliphatic carbocycles. The minimum absolute atomic E-state index is 0.0240. The summed E-state index contributed by atoms with van der Waals surface area (Å²) < 4.78 is 1.87. The van der Waals surface area contributed by atoms with Crippen LogP contribution in [0, 0.1) is 0 Å². The number of hydrogen-bond donors (Lipinski definition) is 3. The molecule has 4 N–H and O–H groups in total. The number of imidazole rings is 1. The molecule has 0 saturated carbocycles. The number of hydrogen-bond acceptors (Lipinski definition) is 3. The summed E-state index contributed by atoms with van der Waals surface area (Å²) in [6.45, 7) is 0.510. The smallest absolute Gasteiger partial charge is 0.212 e. The SMILES string of the molecule is Cn1cnc(CCN=C(N)NO)c1. The first-order valence-corrected chi connectivity index (χ1v) is 3.89. The molecule has 0 aliphatic rings. The lowest BCUT2D eigenvalue weighted by molar-refractivity contribution is 0.232. The van der Waals surface area contributed by atoms with E-state index in [4.69, 9.17) is 10.9 Å². The van der Waals surface area contributed by atoms with Gasteiger partial charge in [-0.05, 0) is 0 Å². The highest BCUT2D eigenvalue weighted by atomic mass is 16.5. The number of aromatic nitrogens is 2. The van der Waals surface area contributed by atoms with E-state index in [9.17, 15) is 0 Å². The van der Waals surface area contributed by atoms with Crippen LogP contribution in [0.2, 0.25) is 0 Å². The maximum Gasteiger partial charge on any atom is 0.212 e. The summed E-state index contributed by atoms with van der Waals surface area (Å²) in [6.07, 6.45) is 4.36. The number of aryl methyl sites for hydroxylation is 1. The van der Waals surface area contributed by atoms with E-state index >= 15 is 0 Å². The predicted octanol–water partition coefficient (Wildman–Crippen LogP) is -0.744. The average Bonchev–Trinajstić information content (AvgIpc) is 2.51. The van der Waals surface area contributed by atoms with E-state index in [1.165, 1.54) is 0 Å². The molecule has 72 valence electrons. The van der Waals surface area contributed by atoms with Gasteiger partial charge in [0.25, 0.3) is 0 Å². The van der Waals surface area contributed by atoms with E-state index in [1.807, 2.05) is 17.8 Å². The molecule has 13 heavy (non-hydrogen) atoms. The molecular weight excluding hydrogens is 170 g/mol. The summed E-state index contributed by atoms with van der Waals surface area (Å²) in [5.41, 5.74) is 7.92. The van der Waals surface area contributed by atoms with Gasteiger partial charge in [0.05, 0.1) is 12.0 Å². The Morgan fingerprint density at radius 2 is 2.62 bits per heavy atom. The highest BCUT2D eigenvalue weighted by Crippen LogP contribution is 1.94. The molecule has 0 aromatic carbocycles. The summed E-state index contributed by atoms with van der Waals surface area (Å²) in [5.74, 6) is 0.0240. The quantitative estimate of drug-likeness (QED) is 0.327. The highest BCUT2D eigenvalue weighted by molar-refractivity contribution is 5.76. The molecule has 0 fully saturated rings. The first kappa shape index (κ1) is 9.53. The van der Waals surface area contributed by atoms with Crippen LogP contribution in [0.5, 0.6) is 0 Å². The van der Waals surface area contributed by atoms with Crippen LogP contribution in [-0.2, 0) is 13.5 Å². The van der Waals surface area contributed by atoms with Crippen molar-refractivity contribution in [2.24, 2.45) is 17.8 Å². The molecule has 1 rings (SSSR count). The molecule has 1 aromatic heterocycles. The summed E-state index contributed by atoms with van der Waals surface area (Å²) in [7, 11) is 1.91. The number of hydroxylamine groups is 1. The van der Waals surface area contributed by atoms with Gasteiger partial charge in [0.2, 0.25) is 5.96 Å². The Morgan fingerprint density at radius 3 is 3.15 bits per heavy atom. The van der Waals surface area contributed by atoms with Crippen molar-refractivity contribution in [1.82, 2.24) is 15.0 Å². The fourth-order valence-corrected chi connectivity index (χ4v) is 0.922. The van der Waals surface area contributed by atoms with Crippen molar-refractivity contribution in [3.05, 3.63) is 18.2 Å². The molecule has 1 heterocycles. The van der Waals surface area contributed by atoms with Gasteiger partial charge in [-0.3, -0.25) is 10.2 Å². The fourth-order valence-electron chi connectivity index (χ4n) is 0.922. The minimum atomic E-state index is 0.0240. The van der Waals surface area contributed by atoms with Crippen molar-refractivity contribution in [1.29, 1.82) is 0 Å². The number of aliphatic imine (C=N–C) groups is 1. The van der Waals surface area contributed by atoms with Crippen LogP contribution in [0.3, 0.4) is 0 Å². The van der Waals surface area contributed by atoms with Gasteiger partial charge in [0.15, 0.2) is 0 Å². The lowest BCUT2D eigenvalue weighted by atomic mass is 10.3. The molecule has 0 unspecified atom stereocenters. The topological polar surface area (TPSA) is 88.5 Å². The van der Waals surface area contributed by atoms with Crippen molar-refractivity contribution in [2.45, 2.75) is 6.42 Å². The van der Waals surface area contributed by atoms with Crippen molar-refractivity contribution in [3.8, 4) is 0 Å². The molecule has 0 saturated heterocycles. The van der Waals surface area contributed by atoms with Crippen LogP contribution in [0.1, 0.15) is 5.69 Å². The summed E-state index contributed by atoms with van der Waals surface area (Å²) in [6, 6.07) is 0. The van der Waals surface area contributed by atoms with Gasteiger partial charge in [-0.15, -0.1) is 0 Å². The van der Waals surface area contributed by atoms with Crippen LogP contribution in [-0.4, -0.2) is 27.3 Å². The maximum absolute atomic E-state index is 8.31. The third-order valence-corrected chi connectivity index (χ3v) is 1.52. The lowest BCUT2D eigenvalue weighted by Gasteiger charge is -1.95. The van der Waals surface area contributed by atoms with Gasteiger partial charge in [-0.25, -0.2) is 10.5 Å². The van der Waals surface area contributed by atoms with Gasteiger partial charge in [0, 0.05) is 26.2 Å². The molecule has 1 aromatic rings. The van der Waals surface area contributed by atoms with E-state index in [1.54, 1.807) is 11.8 Å². The van der Waals surface area contributed by atoms with E-state index < -0.39 is 0 Å². The van der Waals surface area contributed by atoms with E-state index in [-0.39, 0.29) is 5.96 Å². The van der Waals surface area contributed by atoms with Gasteiger partial charge < -0.3 is 10.3 Å². The zero-order valence-electron chi connectivity index (χ0n) is 7.44. The standard InChI is InChI=1S/C7H13N5O/c1-12-4-6(10-5-12)2-3-9-7(8)11-13/h4-5,13H,2-3H2,1H3,(H3,8,9,11). The molecule has 6 heteroatoms. The fraction of sp³-hybridized carbons (Fsp3) is 0.429. The summed E-state index contributed by atoms with van der Waals surface area (Å²) in [4.78, 5) is 7.94. The van der Waals surface area contributed by atoms with Crippen molar-refractivity contribution < 1.29 is 5.21 Å². The second kappa shape index (κ2) is 4.46. The molecule has 0 bridgehead atoms. The molecule has 0 spiro atoms. The Labute approximate surface area is 76.1 Å². The van der Waals surface area contributed by atoms with Crippen molar-refractivity contribution in [2.75, 3.05) is 6.54 Å². The van der Waals surface area contributed by atoms with Crippen LogP contribution in [0.25, 0.3) is 0 Å². The Morgan fingerprint density at radius 1 is 1.85 bits per heavy atom. The molecule has 0 amide bonds. The maximum atomic E-state index is 8.31. The zero-order valence-corrected chi connectivity index (χ0v) is 7.44. The number of rotatable bonds is 3. The Balaban J connectivity index is 2.35. The van der Waals surface area contributed by atoms with Gasteiger partial charge in [0.1, 0.15) is 0 Å². The number of nitrogens with two attached hydrogens (primary N) is 1. The van der Waals surface area contributed by atoms with Crippen LogP contribution in [0.4, 0.5) is 0 Å². The average molecular weight is 183 g/mol. The molecular formula is C7H13N5O. The Bertz CT molecular complexity index is 293. The zero-order chi connectivity index (χ0) is 9.68. The Hall–Kier alpha value is -1.56. The first-order valence-electron chi connectivity index (χ1n) is 3.89. The van der Waals surface area contributed by atoms with Crippen LogP contribution >= 0.6 is 0 Å². The lowest BCUT2D eigenvalue weighted by Crippen LogP contribution is -2.28. The second-order valence-electron chi connectivity index (χ2n) is 2.66. The number of nitrogens with one attached hydrogen (secondary N) is 1. The van der Waals surface area contributed by atoms with Crippen LogP contribution < -0.4 is 11.2 Å². The monoisotopic (exact) mass is 183 g/mol. The Kier molecular flexibility index (Phi) is 3.27. The third-order valence-electron chi connectivity index (χ3n) is 1.52.